The third-order valence-electron chi connectivity index (χ3n) is 5.52. The third kappa shape index (κ3) is 5.05. The van der Waals surface area contributed by atoms with Crippen LogP contribution in [0.5, 0.6) is 5.75 Å². The first-order valence-electron chi connectivity index (χ1n) is 10.5. The Morgan fingerprint density at radius 3 is 2.75 bits per heavy atom. The predicted molar refractivity (Wildman–Crippen MR) is 117 cm³/mol. The maximum atomic E-state index is 13.0. The molecule has 2 fully saturated rings. The number of sulfonamides is 1. The molecule has 2 aromatic rings. The molecule has 1 saturated heterocycles. The van der Waals surface area contributed by atoms with Crippen LogP contribution in [0.25, 0.3) is 0 Å². The summed E-state index contributed by atoms with van der Waals surface area (Å²) in [5, 5.41) is 15.2. The van der Waals surface area contributed by atoms with Gasteiger partial charge in [0.2, 0.25) is 21.1 Å². The lowest BCUT2D eigenvalue weighted by Gasteiger charge is -2.26. The van der Waals surface area contributed by atoms with Gasteiger partial charge in [-0.3, -0.25) is 4.79 Å². The highest BCUT2D eigenvalue weighted by molar-refractivity contribution is 7.99. The van der Waals surface area contributed by atoms with E-state index in [1.807, 2.05) is 0 Å². The molecule has 4 rings (SSSR count). The van der Waals surface area contributed by atoms with E-state index in [0.29, 0.717) is 42.9 Å². The Kier molecular flexibility index (Phi) is 7.28. The van der Waals surface area contributed by atoms with E-state index in [9.17, 15) is 13.2 Å². The average Bonchev–Trinajstić information content (AvgIpc) is 3.50. The number of morpholine rings is 1. The lowest BCUT2D eigenvalue weighted by molar-refractivity contribution is -0.113. The van der Waals surface area contributed by atoms with Gasteiger partial charge in [-0.05, 0) is 41.5 Å². The number of nitrogens with one attached hydrogen (secondary N) is 1. The van der Waals surface area contributed by atoms with E-state index in [1.165, 1.54) is 41.4 Å². The number of rotatable bonds is 8. The SMILES string of the molecule is COc1ccc(S(=O)(=O)N2CCOCC2)cc1NC(=O)CSc1nnnn1C1CCCC1. The Labute approximate surface area is 190 Å². The summed E-state index contributed by atoms with van der Waals surface area (Å²) in [6.45, 7) is 1.30. The molecule has 0 bridgehead atoms. The van der Waals surface area contributed by atoms with E-state index in [1.54, 1.807) is 4.68 Å². The summed E-state index contributed by atoms with van der Waals surface area (Å²) in [6, 6.07) is 4.72. The van der Waals surface area contributed by atoms with Crippen molar-refractivity contribution in [2.75, 3.05) is 44.5 Å². The van der Waals surface area contributed by atoms with Crippen LogP contribution in [-0.4, -0.2) is 78.0 Å². The smallest absolute Gasteiger partial charge is 0.243 e. The van der Waals surface area contributed by atoms with E-state index in [0.717, 1.165) is 25.7 Å². The summed E-state index contributed by atoms with van der Waals surface area (Å²) >= 11 is 1.25. The molecule has 0 unspecified atom stereocenters. The number of methoxy groups -OCH3 is 1. The number of amides is 1. The number of thioether (sulfide) groups is 1. The molecule has 32 heavy (non-hydrogen) atoms. The van der Waals surface area contributed by atoms with Crippen LogP contribution in [-0.2, 0) is 19.6 Å². The Balaban J connectivity index is 1.44. The van der Waals surface area contributed by atoms with Crippen LogP contribution >= 0.6 is 11.8 Å². The van der Waals surface area contributed by atoms with E-state index in [-0.39, 0.29) is 22.6 Å². The monoisotopic (exact) mass is 482 g/mol. The number of benzene rings is 1. The second-order valence-electron chi connectivity index (χ2n) is 7.56. The molecule has 1 amide bonds. The van der Waals surface area contributed by atoms with Gasteiger partial charge in [0, 0.05) is 13.1 Å². The molecule has 174 valence electrons. The number of ether oxygens (including phenoxy) is 2. The van der Waals surface area contributed by atoms with Crippen LogP contribution in [0.2, 0.25) is 0 Å². The highest BCUT2D eigenvalue weighted by Crippen LogP contribution is 2.32. The number of carbonyl (C=O) groups excluding carboxylic acids is 1. The second-order valence-corrected chi connectivity index (χ2v) is 10.4. The molecule has 2 aliphatic rings. The van der Waals surface area contributed by atoms with Crippen molar-refractivity contribution in [2.45, 2.75) is 41.8 Å². The first kappa shape index (κ1) is 23.0. The van der Waals surface area contributed by atoms with Gasteiger partial charge in [0.15, 0.2) is 0 Å². The zero-order valence-corrected chi connectivity index (χ0v) is 19.4. The average molecular weight is 483 g/mol. The van der Waals surface area contributed by atoms with Crippen molar-refractivity contribution < 1.29 is 22.7 Å². The van der Waals surface area contributed by atoms with Crippen LogP contribution in [0.3, 0.4) is 0 Å². The summed E-state index contributed by atoms with van der Waals surface area (Å²) in [6.07, 6.45) is 4.37. The molecule has 0 spiro atoms. The third-order valence-corrected chi connectivity index (χ3v) is 8.35. The molecule has 1 aliphatic heterocycles. The molecular weight excluding hydrogens is 456 g/mol. The van der Waals surface area contributed by atoms with E-state index in [2.05, 4.69) is 20.8 Å². The summed E-state index contributed by atoms with van der Waals surface area (Å²) in [5.41, 5.74) is 0.294. The topological polar surface area (TPSA) is 129 Å². The molecule has 11 nitrogen and oxygen atoms in total. The summed E-state index contributed by atoms with van der Waals surface area (Å²) in [7, 11) is -2.23. The fourth-order valence-electron chi connectivity index (χ4n) is 3.86. The van der Waals surface area contributed by atoms with Gasteiger partial charge in [-0.25, -0.2) is 13.1 Å². The van der Waals surface area contributed by atoms with Gasteiger partial charge in [0.05, 0.1) is 42.7 Å². The van der Waals surface area contributed by atoms with Gasteiger partial charge in [-0.15, -0.1) is 5.10 Å². The highest BCUT2D eigenvalue weighted by Gasteiger charge is 2.27. The number of tetrazole rings is 1. The van der Waals surface area contributed by atoms with Gasteiger partial charge in [0.25, 0.3) is 0 Å². The quantitative estimate of drug-likeness (QED) is 0.557. The molecule has 13 heteroatoms. The van der Waals surface area contributed by atoms with Crippen LogP contribution < -0.4 is 10.1 Å². The van der Waals surface area contributed by atoms with Crippen LogP contribution in [0.4, 0.5) is 5.69 Å². The minimum Gasteiger partial charge on any atom is -0.495 e. The van der Waals surface area contributed by atoms with Gasteiger partial charge in [-0.2, -0.15) is 4.31 Å². The molecule has 0 radical (unpaired) electrons. The van der Waals surface area contributed by atoms with Crippen molar-refractivity contribution in [2.24, 2.45) is 0 Å². The van der Waals surface area contributed by atoms with Crippen molar-refractivity contribution >= 4 is 33.4 Å². The second kappa shape index (κ2) is 10.1. The number of carbonyl (C=O) groups is 1. The van der Waals surface area contributed by atoms with Crippen LogP contribution in [0.15, 0.2) is 28.3 Å². The lowest BCUT2D eigenvalue weighted by Crippen LogP contribution is -2.40. The van der Waals surface area contributed by atoms with E-state index >= 15 is 0 Å². The minimum atomic E-state index is -3.70. The predicted octanol–water partition coefficient (Wildman–Crippen LogP) is 1.55. The van der Waals surface area contributed by atoms with Crippen molar-refractivity contribution in [3.05, 3.63) is 18.2 Å². The Morgan fingerprint density at radius 2 is 2.03 bits per heavy atom. The standard InChI is InChI=1S/C19H26N6O5S2/c1-29-17-7-6-15(32(27,28)24-8-10-30-11-9-24)12-16(17)20-18(26)13-31-19-21-22-23-25(19)14-4-2-3-5-14/h6-7,12,14H,2-5,8-11,13H2,1H3,(H,20,26). The fraction of sp³-hybridized carbons (Fsp3) is 0.579. The highest BCUT2D eigenvalue weighted by atomic mass is 32.2. The summed E-state index contributed by atoms with van der Waals surface area (Å²) in [5.74, 6) is 0.145. The van der Waals surface area contributed by atoms with Crippen molar-refractivity contribution in [3.63, 3.8) is 0 Å². The fourth-order valence-corrected chi connectivity index (χ4v) is 6.04. The number of hydrogen-bond donors (Lipinski definition) is 1. The van der Waals surface area contributed by atoms with Crippen LogP contribution in [0.1, 0.15) is 31.7 Å². The van der Waals surface area contributed by atoms with Crippen molar-refractivity contribution in [3.8, 4) is 5.75 Å². The molecule has 1 aliphatic carbocycles. The summed E-state index contributed by atoms with van der Waals surface area (Å²) < 4.78 is 39.6. The van der Waals surface area contributed by atoms with Gasteiger partial charge >= 0.3 is 0 Å². The first-order chi connectivity index (χ1) is 15.5. The maximum absolute atomic E-state index is 13.0. The largest absolute Gasteiger partial charge is 0.495 e. The Hall–Kier alpha value is -2.22. The van der Waals surface area contributed by atoms with Crippen LogP contribution in [0, 0.1) is 0 Å². The zero-order valence-electron chi connectivity index (χ0n) is 17.8. The van der Waals surface area contributed by atoms with Crippen molar-refractivity contribution in [1.82, 2.24) is 24.5 Å². The number of hydrogen-bond acceptors (Lipinski definition) is 9. The van der Waals surface area contributed by atoms with Gasteiger partial charge < -0.3 is 14.8 Å². The molecule has 1 saturated carbocycles. The Bertz CT molecular complexity index is 1050. The number of nitrogens with zero attached hydrogens (tertiary/aromatic N) is 5. The molecule has 0 atom stereocenters. The van der Waals surface area contributed by atoms with Gasteiger partial charge in [0.1, 0.15) is 5.75 Å². The van der Waals surface area contributed by atoms with E-state index in [4.69, 9.17) is 9.47 Å². The first-order valence-corrected chi connectivity index (χ1v) is 12.9. The lowest BCUT2D eigenvalue weighted by atomic mass is 10.3. The van der Waals surface area contributed by atoms with Crippen molar-refractivity contribution in [1.29, 1.82) is 0 Å². The molecule has 2 heterocycles. The zero-order chi connectivity index (χ0) is 22.6. The van der Waals surface area contributed by atoms with Gasteiger partial charge in [-0.1, -0.05) is 24.6 Å². The summed E-state index contributed by atoms with van der Waals surface area (Å²) in [4.78, 5) is 12.7. The maximum Gasteiger partial charge on any atom is 0.243 e. The molecule has 1 aromatic heterocycles. The minimum absolute atomic E-state index is 0.0800. The molecule has 1 aromatic carbocycles. The number of aromatic nitrogens is 4. The molecular formula is C19H26N6O5S2. The number of anilines is 1. The Morgan fingerprint density at radius 1 is 1.28 bits per heavy atom. The van der Waals surface area contributed by atoms with E-state index < -0.39 is 10.0 Å². The molecule has 1 N–H and O–H groups in total. The normalized spacial score (nSPS) is 18.0.